The average molecular weight is 292 g/mol. The van der Waals surface area contributed by atoms with Crippen LogP contribution in [0, 0.1) is 10.1 Å². The number of benzene rings is 1. The number of nitrogens with one attached hydrogen (secondary N) is 1. The number of carboxylic acids is 1. The standard InChI is InChI=1S/C12H8N2O5S/c15-12(16)6-1-2-8-7(5-6)13-11(19-8)9-3-4-10(20-9)14(17)18/h1-5,11,13H,(H,15,16). The Bertz CT molecular complexity index is 712. The molecule has 102 valence electrons. The Hall–Kier alpha value is -2.61. The zero-order valence-corrected chi connectivity index (χ0v) is 10.7. The summed E-state index contributed by atoms with van der Waals surface area (Å²) in [6.07, 6.45) is -0.534. The van der Waals surface area contributed by atoms with Crippen molar-refractivity contribution in [2.24, 2.45) is 0 Å². The lowest BCUT2D eigenvalue weighted by molar-refractivity contribution is -0.380. The molecular formula is C12H8N2O5S. The van der Waals surface area contributed by atoms with E-state index >= 15 is 0 Å². The predicted molar refractivity (Wildman–Crippen MR) is 71.4 cm³/mol. The average Bonchev–Trinajstić information content (AvgIpc) is 3.04. The number of carbonyl (C=O) groups is 1. The van der Waals surface area contributed by atoms with Gasteiger partial charge in [-0.15, -0.1) is 0 Å². The molecule has 3 rings (SSSR count). The summed E-state index contributed by atoms with van der Waals surface area (Å²) in [6, 6.07) is 7.51. The van der Waals surface area contributed by atoms with Crippen LogP contribution in [0.3, 0.4) is 0 Å². The van der Waals surface area contributed by atoms with Crippen molar-refractivity contribution in [2.75, 3.05) is 5.32 Å². The molecule has 8 heteroatoms. The molecule has 20 heavy (non-hydrogen) atoms. The highest BCUT2D eigenvalue weighted by atomic mass is 32.1. The van der Waals surface area contributed by atoms with Crippen LogP contribution < -0.4 is 10.1 Å². The van der Waals surface area contributed by atoms with Gasteiger partial charge in [-0.1, -0.05) is 11.3 Å². The van der Waals surface area contributed by atoms with E-state index in [4.69, 9.17) is 9.84 Å². The maximum absolute atomic E-state index is 10.9. The van der Waals surface area contributed by atoms with E-state index in [1.807, 2.05) is 0 Å². The van der Waals surface area contributed by atoms with Crippen molar-refractivity contribution in [3.63, 3.8) is 0 Å². The third-order valence-electron chi connectivity index (χ3n) is 2.81. The molecule has 0 amide bonds. The molecule has 0 saturated carbocycles. The minimum absolute atomic E-state index is 0.0348. The molecule has 7 nitrogen and oxygen atoms in total. The lowest BCUT2D eigenvalue weighted by Crippen LogP contribution is -2.07. The molecule has 2 aromatic rings. The number of nitro groups is 1. The number of hydrogen-bond donors (Lipinski definition) is 2. The molecule has 1 aliphatic heterocycles. The van der Waals surface area contributed by atoms with Crippen molar-refractivity contribution in [3.05, 3.63) is 50.9 Å². The summed E-state index contributed by atoms with van der Waals surface area (Å²) < 4.78 is 5.60. The Kier molecular flexibility index (Phi) is 2.79. The Morgan fingerprint density at radius 3 is 2.85 bits per heavy atom. The van der Waals surface area contributed by atoms with E-state index in [2.05, 4.69) is 5.32 Å². The van der Waals surface area contributed by atoms with E-state index in [0.29, 0.717) is 16.3 Å². The van der Waals surface area contributed by atoms with Crippen LogP contribution >= 0.6 is 11.3 Å². The predicted octanol–water partition coefficient (Wildman–Crippen LogP) is 2.86. The number of ether oxygens (including phenoxy) is 1. The zero-order chi connectivity index (χ0) is 14.3. The van der Waals surface area contributed by atoms with E-state index in [1.54, 1.807) is 12.1 Å². The number of hydrogen-bond acceptors (Lipinski definition) is 6. The van der Waals surface area contributed by atoms with E-state index < -0.39 is 17.1 Å². The minimum atomic E-state index is -1.02. The maximum atomic E-state index is 10.9. The number of carboxylic acid groups (broad SMARTS) is 1. The molecule has 1 unspecified atom stereocenters. The van der Waals surface area contributed by atoms with Gasteiger partial charge in [-0.2, -0.15) is 0 Å². The molecule has 0 spiro atoms. The fourth-order valence-electron chi connectivity index (χ4n) is 1.89. The first-order chi connectivity index (χ1) is 9.54. The molecule has 0 aliphatic carbocycles. The number of nitrogens with zero attached hydrogens (tertiary/aromatic N) is 1. The second kappa shape index (κ2) is 4.49. The van der Waals surface area contributed by atoms with Gasteiger partial charge in [0, 0.05) is 6.07 Å². The van der Waals surface area contributed by atoms with E-state index in [1.165, 1.54) is 18.2 Å². The minimum Gasteiger partial charge on any atom is -0.478 e. The molecule has 1 aromatic heterocycles. The lowest BCUT2D eigenvalue weighted by Gasteiger charge is -2.07. The van der Waals surface area contributed by atoms with Crippen LogP contribution in [0.25, 0.3) is 0 Å². The first-order valence-electron chi connectivity index (χ1n) is 5.59. The maximum Gasteiger partial charge on any atom is 0.335 e. The summed E-state index contributed by atoms with van der Waals surface area (Å²) >= 11 is 1.02. The Morgan fingerprint density at radius 2 is 2.20 bits per heavy atom. The summed E-state index contributed by atoms with van der Waals surface area (Å²) in [4.78, 5) is 21.7. The van der Waals surface area contributed by atoms with Crippen LogP contribution in [-0.4, -0.2) is 16.0 Å². The van der Waals surface area contributed by atoms with Crippen LogP contribution in [0.2, 0.25) is 0 Å². The molecule has 0 bridgehead atoms. The largest absolute Gasteiger partial charge is 0.478 e. The number of aromatic carboxylic acids is 1. The molecule has 0 fully saturated rings. The lowest BCUT2D eigenvalue weighted by atomic mass is 10.2. The molecule has 1 aromatic carbocycles. The molecular weight excluding hydrogens is 284 g/mol. The molecule has 0 radical (unpaired) electrons. The van der Waals surface area contributed by atoms with Crippen molar-refractivity contribution in [3.8, 4) is 5.75 Å². The van der Waals surface area contributed by atoms with Gasteiger partial charge in [-0.3, -0.25) is 10.1 Å². The van der Waals surface area contributed by atoms with Crippen LogP contribution in [0.1, 0.15) is 21.5 Å². The van der Waals surface area contributed by atoms with Gasteiger partial charge < -0.3 is 15.2 Å². The number of thiophene rings is 1. The summed E-state index contributed by atoms with van der Waals surface area (Å²) in [6.45, 7) is 0. The second-order valence-corrected chi connectivity index (χ2v) is 5.19. The van der Waals surface area contributed by atoms with Crippen molar-refractivity contribution in [2.45, 2.75) is 6.23 Å². The number of fused-ring (bicyclic) bond motifs is 1. The highest BCUT2D eigenvalue weighted by molar-refractivity contribution is 7.15. The van der Waals surface area contributed by atoms with Crippen LogP contribution in [0.15, 0.2) is 30.3 Å². The van der Waals surface area contributed by atoms with Crippen LogP contribution in [0.4, 0.5) is 10.7 Å². The molecule has 1 aliphatic rings. The first-order valence-corrected chi connectivity index (χ1v) is 6.41. The Labute approximate surface area is 116 Å². The van der Waals surface area contributed by atoms with Gasteiger partial charge in [0.05, 0.1) is 21.1 Å². The van der Waals surface area contributed by atoms with E-state index in [0.717, 1.165) is 11.3 Å². The van der Waals surface area contributed by atoms with Gasteiger partial charge in [0.1, 0.15) is 5.75 Å². The third kappa shape index (κ3) is 2.05. The Morgan fingerprint density at radius 1 is 1.40 bits per heavy atom. The normalized spacial score (nSPS) is 16.1. The quantitative estimate of drug-likeness (QED) is 0.666. The van der Waals surface area contributed by atoms with Crippen molar-refractivity contribution in [1.82, 2.24) is 0 Å². The number of anilines is 1. The van der Waals surface area contributed by atoms with E-state index in [9.17, 15) is 14.9 Å². The molecule has 2 heterocycles. The van der Waals surface area contributed by atoms with Gasteiger partial charge >= 0.3 is 11.0 Å². The van der Waals surface area contributed by atoms with Crippen molar-refractivity contribution >= 4 is 28.0 Å². The van der Waals surface area contributed by atoms with Gasteiger partial charge in [-0.25, -0.2) is 4.79 Å². The SMILES string of the molecule is O=C(O)c1ccc2c(c1)NC(c1ccc([N+](=O)[O-])s1)O2. The fourth-order valence-corrected chi connectivity index (χ4v) is 2.69. The summed E-state index contributed by atoms with van der Waals surface area (Å²) in [5, 5.41) is 22.6. The summed E-state index contributed by atoms with van der Waals surface area (Å²) in [7, 11) is 0. The monoisotopic (exact) mass is 292 g/mol. The van der Waals surface area contributed by atoms with Crippen molar-refractivity contribution in [1.29, 1.82) is 0 Å². The number of rotatable bonds is 3. The highest BCUT2D eigenvalue weighted by Gasteiger charge is 2.27. The molecule has 1 atom stereocenters. The van der Waals surface area contributed by atoms with Gasteiger partial charge in [0.25, 0.3) is 0 Å². The smallest absolute Gasteiger partial charge is 0.335 e. The van der Waals surface area contributed by atoms with Crippen molar-refractivity contribution < 1.29 is 19.6 Å². The zero-order valence-electron chi connectivity index (χ0n) is 9.90. The fraction of sp³-hybridized carbons (Fsp3) is 0.0833. The molecule has 2 N–H and O–H groups in total. The van der Waals surface area contributed by atoms with Gasteiger partial charge in [0.2, 0.25) is 6.23 Å². The summed E-state index contributed by atoms with van der Waals surface area (Å²) in [5.74, 6) is -0.499. The highest BCUT2D eigenvalue weighted by Crippen LogP contribution is 2.41. The van der Waals surface area contributed by atoms with Crippen LogP contribution in [0.5, 0.6) is 5.75 Å². The second-order valence-electron chi connectivity index (χ2n) is 4.09. The third-order valence-corrected chi connectivity index (χ3v) is 3.89. The van der Waals surface area contributed by atoms with Crippen LogP contribution in [-0.2, 0) is 0 Å². The first kappa shape index (κ1) is 12.4. The van der Waals surface area contributed by atoms with Gasteiger partial charge in [-0.05, 0) is 24.3 Å². The topological polar surface area (TPSA) is 102 Å². The van der Waals surface area contributed by atoms with E-state index in [-0.39, 0.29) is 10.6 Å². The molecule has 0 saturated heterocycles. The Balaban J connectivity index is 1.85. The van der Waals surface area contributed by atoms with Gasteiger partial charge in [0.15, 0.2) is 0 Å². The summed E-state index contributed by atoms with van der Waals surface area (Å²) in [5.41, 5.74) is 0.712.